The topological polar surface area (TPSA) is 35.2 Å². The molecule has 2 nitrogen and oxygen atoms in total. The third-order valence-electron chi connectivity index (χ3n) is 3.25. The second kappa shape index (κ2) is 5.72. The van der Waals surface area contributed by atoms with Crippen molar-refractivity contribution in [1.82, 2.24) is 0 Å². The average Bonchev–Trinajstić information content (AvgIpc) is 2.72. The van der Waals surface area contributed by atoms with E-state index in [9.17, 15) is 4.39 Å². The summed E-state index contributed by atoms with van der Waals surface area (Å²) >= 11 is 1.68. The first-order chi connectivity index (χ1) is 9.02. The Labute approximate surface area is 117 Å². The first-order valence-electron chi connectivity index (χ1n) is 6.16. The van der Waals surface area contributed by atoms with Gasteiger partial charge in [0.05, 0.1) is 7.11 Å². The van der Waals surface area contributed by atoms with E-state index in [1.807, 2.05) is 0 Å². The van der Waals surface area contributed by atoms with E-state index in [0.717, 1.165) is 4.88 Å². The van der Waals surface area contributed by atoms with Crippen LogP contribution < -0.4 is 10.5 Å². The van der Waals surface area contributed by atoms with Crippen molar-refractivity contribution >= 4 is 11.3 Å². The fraction of sp³-hybridized carbons (Fsp3) is 0.333. The van der Waals surface area contributed by atoms with Crippen LogP contribution in [0.5, 0.6) is 5.75 Å². The summed E-state index contributed by atoms with van der Waals surface area (Å²) in [4.78, 5) is 2.36. The van der Waals surface area contributed by atoms with Gasteiger partial charge in [0.15, 0.2) is 11.6 Å². The van der Waals surface area contributed by atoms with Crippen LogP contribution in [0, 0.1) is 19.7 Å². The Hall–Kier alpha value is -1.39. The number of aryl methyl sites for hydroxylation is 2. The number of hydrogen-bond donors (Lipinski definition) is 1. The molecule has 0 aliphatic carbocycles. The van der Waals surface area contributed by atoms with Crippen LogP contribution in [0.15, 0.2) is 24.3 Å². The van der Waals surface area contributed by atoms with Gasteiger partial charge in [0, 0.05) is 15.8 Å². The van der Waals surface area contributed by atoms with Gasteiger partial charge in [0.1, 0.15) is 0 Å². The van der Waals surface area contributed by atoms with Crippen molar-refractivity contribution < 1.29 is 9.13 Å². The Bertz CT molecular complexity index is 560. The lowest BCUT2D eigenvalue weighted by Gasteiger charge is -2.12. The first-order valence-corrected chi connectivity index (χ1v) is 6.98. The number of benzene rings is 1. The molecule has 2 aromatic rings. The molecule has 0 saturated carbocycles. The van der Waals surface area contributed by atoms with Crippen molar-refractivity contribution in [3.05, 3.63) is 51.0 Å². The van der Waals surface area contributed by atoms with Crippen molar-refractivity contribution in [1.29, 1.82) is 0 Å². The minimum Gasteiger partial charge on any atom is -0.494 e. The Morgan fingerprint density at radius 1 is 1.37 bits per heavy atom. The molecular formula is C15H18FNOS. The van der Waals surface area contributed by atoms with Gasteiger partial charge in [-0.15, -0.1) is 11.3 Å². The number of thiophene rings is 1. The van der Waals surface area contributed by atoms with E-state index in [1.165, 1.54) is 17.6 Å². The van der Waals surface area contributed by atoms with E-state index in [2.05, 4.69) is 19.9 Å². The zero-order chi connectivity index (χ0) is 14.0. The van der Waals surface area contributed by atoms with Gasteiger partial charge in [-0.25, -0.2) is 4.39 Å². The number of methoxy groups -OCH3 is 1. The number of nitrogens with two attached hydrogens (primary N) is 1. The summed E-state index contributed by atoms with van der Waals surface area (Å²) in [5.41, 5.74) is 8.00. The number of ether oxygens (including phenoxy) is 1. The van der Waals surface area contributed by atoms with Gasteiger partial charge >= 0.3 is 0 Å². The molecule has 0 amide bonds. The quantitative estimate of drug-likeness (QED) is 0.925. The minimum atomic E-state index is -0.314. The maximum atomic E-state index is 14.1. The minimum absolute atomic E-state index is 0.181. The van der Waals surface area contributed by atoms with Gasteiger partial charge in [-0.05, 0) is 43.5 Å². The molecule has 2 rings (SSSR count). The molecule has 1 heterocycles. The lowest BCUT2D eigenvalue weighted by molar-refractivity contribution is 0.383. The van der Waals surface area contributed by atoms with Gasteiger partial charge in [-0.2, -0.15) is 0 Å². The van der Waals surface area contributed by atoms with Gasteiger partial charge in [-0.3, -0.25) is 0 Å². The third-order valence-corrected chi connectivity index (χ3v) is 4.54. The van der Waals surface area contributed by atoms with E-state index < -0.39 is 0 Å². The molecule has 1 aromatic carbocycles. The van der Waals surface area contributed by atoms with Crippen LogP contribution >= 0.6 is 11.3 Å². The van der Waals surface area contributed by atoms with Gasteiger partial charge < -0.3 is 10.5 Å². The van der Waals surface area contributed by atoms with E-state index in [-0.39, 0.29) is 17.6 Å². The van der Waals surface area contributed by atoms with Crippen LogP contribution in [0.3, 0.4) is 0 Å². The van der Waals surface area contributed by atoms with Crippen molar-refractivity contribution in [2.75, 3.05) is 7.11 Å². The maximum Gasteiger partial charge on any atom is 0.168 e. The SMILES string of the molecule is COc1cccc(CC(N)c2cc(C)c(C)s2)c1F. The summed E-state index contributed by atoms with van der Waals surface area (Å²) in [6.07, 6.45) is 0.475. The predicted molar refractivity (Wildman–Crippen MR) is 77.4 cm³/mol. The molecule has 0 aliphatic heterocycles. The molecule has 4 heteroatoms. The molecule has 0 fully saturated rings. The number of rotatable bonds is 4. The van der Waals surface area contributed by atoms with Gasteiger partial charge in [-0.1, -0.05) is 12.1 Å². The fourth-order valence-electron chi connectivity index (χ4n) is 1.99. The molecule has 0 spiro atoms. The second-order valence-electron chi connectivity index (χ2n) is 4.63. The van der Waals surface area contributed by atoms with Gasteiger partial charge in [0.25, 0.3) is 0 Å². The highest BCUT2D eigenvalue weighted by molar-refractivity contribution is 7.12. The molecule has 0 saturated heterocycles. The van der Waals surface area contributed by atoms with Crippen LogP contribution in [0.1, 0.15) is 26.9 Å². The molecular weight excluding hydrogens is 261 g/mol. The monoisotopic (exact) mass is 279 g/mol. The van der Waals surface area contributed by atoms with E-state index in [0.29, 0.717) is 12.0 Å². The molecule has 102 valence electrons. The van der Waals surface area contributed by atoms with Crippen molar-refractivity contribution in [2.24, 2.45) is 5.73 Å². The molecule has 19 heavy (non-hydrogen) atoms. The fourth-order valence-corrected chi connectivity index (χ4v) is 3.04. The predicted octanol–water partition coefficient (Wildman–Crippen LogP) is 3.76. The van der Waals surface area contributed by atoms with Crippen LogP contribution in [0.2, 0.25) is 0 Å². The zero-order valence-electron chi connectivity index (χ0n) is 11.4. The van der Waals surface area contributed by atoms with E-state index in [1.54, 1.807) is 29.5 Å². The van der Waals surface area contributed by atoms with Crippen molar-refractivity contribution in [3.63, 3.8) is 0 Å². The van der Waals surface area contributed by atoms with Gasteiger partial charge in [0.2, 0.25) is 0 Å². The zero-order valence-corrected chi connectivity index (χ0v) is 12.2. The summed E-state index contributed by atoms with van der Waals surface area (Å²) in [7, 11) is 1.47. The summed E-state index contributed by atoms with van der Waals surface area (Å²) in [6, 6.07) is 7.06. The van der Waals surface area contributed by atoms with Crippen molar-refractivity contribution in [3.8, 4) is 5.75 Å². The van der Waals surface area contributed by atoms with Crippen LogP contribution in [-0.4, -0.2) is 7.11 Å². The summed E-state index contributed by atoms with van der Waals surface area (Å²) < 4.78 is 19.0. The van der Waals surface area contributed by atoms with Crippen LogP contribution in [-0.2, 0) is 6.42 Å². The maximum absolute atomic E-state index is 14.1. The van der Waals surface area contributed by atoms with E-state index in [4.69, 9.17) is 10.5 Å². The number of hydrogen-bond acceptors (Lipinski definition) is 3. The highest BCUT2D eigenvalue weighted by Gasteiger charge is 2.15. The molecule has 2 N–H and O–H groups in total. The highest BCUT2D eigenvalue weighted by Crippen LogP contribution is 2.29. The molecule has 0 bridgehead atoms. The standard InChI is InChI=1S/C15H18FNOS/c1-9-7-14(19-10(9)2)12(17)8-11-5-4-6-13(18-3)15(11)16/h4-7,12H,8,17H2,1-3H3. The second-order valence-corrected chi connectivity index (χ2v) is 5.92. The average molecular weight is 279 g/mol. The molecule has 0 radical (unpaired) electrons. The number of halogens is 1. The van der Waals surface area contributed by atoms with E-state index >= 15 is 0 Å². The molecule has 0 aliphatic rings. The largest absolute Gasteiger partial charge is 0.494 e. The Morgan fingerprint density at radius 2 is 2.11 bits per heavy atom. The summed E-state index contributed by atoms with van der Waals surface area (Å²) in [5.74, 6) is -0.0475. The van der Waals surface area contributed by atoms with Crippen LogP contribution in [0.25, 0.3) is 0 Å². The smallest absolute Gasteiger partial charge is 0.168 e. The first kappa shape index (κ1) is 14.0. The third kappa shape index (κ3) is 2.96. The highest BCUT2D eigenvalue weighted by atomic mass is 32.1. The lowest BCUT2D eigenvalue weighted by Crippen LogP contribution is -2.13. The molecule has 1 atom stereocenters. The Kier molecular flexibility index (Phi) is 4.22. The summed E-state index contributed by atoms with van der Waals surface area (Å²) in [6.45, 7) is 4.14. The Balaban J connectivity index is 2.21. The Morgan fingerprint density at radius 3 is 2.68 bits per heavy atom. The molecule has 1 aromatic heterocycles. The van der Waals surface area contributed by atoms with Crippen molar-refractivity contribution in [2.45, 2.75) is 26.3 Å². The van der Waals surface area contributed by atoms with Crippen LogP contribution in [0.4, 0.5) is 4.39 Å². The molecule has 1 unspecified atom stereocenters. The summed E-state index contributed by atoms with van der Waals surface area (Å²) in [5, 5.41) is 0. The lowest BCUT2D eigenvalue weighted by atomic mass is 10.0. The normalized spacial score (nSPS) is 12.5.